The lowest BCUT2D eigenvalue weighted by atomic mass is 10.1. The van der Waals surface area contributed by atoms with Gasteiger partial charge >= 0.3 is 0 Å². The zero-order valence-electron chi connectivity index (χ0n) is 11.0. The maximum absolute atomic E-state index is 5.56. The van der Waals surface area contributed by atoms with Crippen LogP contribution in [0, 0.1) is 0 Å². The van der Waals surface area contributed by atoms with Gasteiger partial charge in [0.25, 0.3) is 0 Å². The summed E-state index contributed by atoms with van der Waals surface area (Å²) >= 11 is 0. The van der Waals surface area contributed by atoms with E-state index in [1.54, 1.807) is 0 Å². The summed E-state index contributed by atoms with van der Waals surface area (Å²) < 4.78 is 0. The van der Waals surface area contributed by atoms with Crippen molar-refractivity contribution in [1.82, 2.24) is 10.6 Å². The predicted molar refractivity (Wildman–Crippen MR) is 73.8 cm³/mol. The average Bonchev–Trinajstić information content (AvgIpc) is 2.34. The molecule has 0 unspecified atom stereocenters. The van der Waals surface area contributed by atoms with Gasteiger partial charge in [-0.15, -0.1) is 0 Å². The highest BCUT2D eigenvalue weighted by atomic mass is 14.9. The Morgan fingerprint density at radius 1 is 1.06 bits per heavy atom. The molecule has 17 heavy (non-hydrogen) atoms. The summed E-state index contributed by atoms with van der Waals surface area (Å²) in [5, 5.41) is 6.85. The molecule has 0 aliphatic carbocycles. The number of hydrogen-bond acceptors (Lipinski definition) is 3. The van der Waals surface area contributed by atoms with E-state index in [0.29, 0.717) is 12.6 Å². The topological polar surface area (TPSA) is 50.1 Å². The summed E-state index contributed by atoms with van der Waals surface area (Å²) in [4.78, 5) is 0. The van der Waals surface area contributed by atoms with Crippen molar-refractivity contribution in [3.63, 3.8) is 0 Å². The van der Waals surface area contributed by atoms with Gasteiger partial charge in [0.2, 0.25) is 0 Å². The molecule has 3 heteroatoms. The van der Waals surface area contributed by atoms with E-state index < -0.39 is 0 Å². The van der Waals surface area contributed by atoms with Crippen molar-refractivity contribution >= 4 is 0 Å². The Labute approximate surface area is 105 Å². The molecule has 0 aliphatic rings. The Morgan fingerprint density at radius 3 is 2.29 bits per heavy atom. The van der Waals surface area contributed by atoms with Crippen molar-refractivity contribution in [2.75, 3.05) is 13.1 Å². The number of rotatable bonds is 8. The van der Waals surface area contributed by atoms with Crippen LogP contribution in [0.1, 0.15) is 31.4 Å². The van der Waals surface area contributed by atoms with Crippen LogP contribution in [0.4, 0.5) is 0 Å². The number of benzene rings is 1. The fraction of sp³-hybridized carbons (Fsp3) is 0.571. The van der Waals surface area contributed by atoms with Gasteiger partial charge in [-0.1, -0.05) is 38.1 Å². The highest BCUT2D eigenvalue weighted by molar-refractivity contribution is 5.22. The van der Waals surface area contributed by atoms with Crippen LogP contribution in [0.15, 0.2) is 24.3 Å². The van der Waals surface area contributed by atoms with E-state index in [9.17, 15) is 0 Å². The quantitative estimate of drug-likeness (QED) is 0.600. The largest absolute Gasteiger partial charge is 0.326 e. The predicted octanol–water partition coefficient (Wildman–Crippen LogP) is 1.62. The van der Waals surface area contributed by atoms with Gasteiger partial charge in [0.05, 0.1) is 0 Å². The summed E-state index contributed by atoms with van der Waals surface area (Å²) in [5.41, 5.74) is 8.06. The van der Waals surface area contributed by atoms with Crippen molar-refractivity contribution in [3.8, 4) is 0 Å². The number of nitrogens with one attached hydrogen (secondary N) is 2. The van der Waals surface area contributed by atoms with E-state index in [1.165, 1.54) is 17.5 Å². The second-order valence-electron chi connectivity index (χ2n) is 4.66. The van der Waals surface area contributed by atoms with Crippen LogP contribution in [0.5, 0.6) is 0 Å². The molecule has 0 aromatic heterocycles. The molecule has 4 N–H and O–H groups in total. The maximum Gasteiger partial charge on any atom is 0.0205 e. The van der Waals surface area contributed by atoms with Crippen LogP contribution in [-0.2, 0) is 13.1 Å². The molecule has 0 spiro atoms. The van der Waals surface area contributed by atoms with Gasteiger partial charge in [0.15, 0.2) is 0 Å². The fourth-order valence-electron chi connectivity index (χ4n) is 1.63. The van der Waals surface area contributed by atoms with E-state index >= 15 is 0 Å². The summed E-state index contributed by atoms with van der Waals surface area (Å²) in [6.07, 6.45) is 1.17. The molecular weight excluding hydrogens is 210 g/mol. The molecule has 0 fully saturated rings. The van der Waals surface area contributed by atoms with Gasteiger partial charge in [-0.3, -0.25) is 0 Å². The molecule has 0 aliphatic heterocycles. The van der Waals surface area contributed by atoms with E-state index in [2.05, 4.69) is 48.7 Å². The van der Waals surface area contributed by atoms with Crippen LogP contribution in [0.3, 0.4) is 0 Å². The van der Waals surface area contributed by atoms with Gasteiger partial charge in [-0.2, -0.15) is 0 Å². The Morgan fingerprint density at radius 2 is 1.71 bits per heavy atom. The first-order valence-corrected chi connectivity index (χ1v) is 6.44. The Bertz CT molecular complexity index is 293. The third-order valence-electron chi connectivity index (χ3n) is 2.67. The molecule has 0 bridgehead atoms. The summed E-state index contributed by atoms with van der Waals surface area (Å²) in [5.74, 6) is 0. The average molecular weight is 235 g/mol. The molecule has 0 saturated carbocycles. The minimum Gasteiger partial charge on any atom is -0.326 e. The van der Waals surface area contributed by atoms with Crippen LogP contribution in [0.25, 0.3) is 0 Å². The van der Waals surface area contributed by atoms with E-state index in [4.69, 9.17) is 5.73 Å². The minimum absolute atomic E-state index is 0.582. The first-order valence-electron chi connectivity index (χ1n) is 6.44. The molecule has 0 atom stereocenters. The van der Waals surface area contributed by atoms with Crippen molar-refractivity contribution < 1.29 is 0 Å². The number of nitrogens with two attached hydrogens (primary N) is 1. The molecule has 1 aromatic carbocycles. The molecule has 1 aromatic rings. The highest BCUT2D eigenvalue weighted by Gasteiger charge is 1.94. The summed E-state index contributed by atoms with van der Waals surface area (Å²) in [6, 6.07) is 9.05. The Kier molecular flexibility index (Phi) is 6.86. The van der Waals surface area contributed by atoms with Crippen molar-refractivity contribution in [2.24, 2.45) is 5.73 Å². The second kappa shape index (κ2) is 8.23. The maximum atomic E-state index is 5.56. The first-order chi connectivity index (χ1) is 8.22. The minimum atomic E-state index is 0.582. The lowest BCUT2D eigenvalue weighted by molar-refractivity contribution is 0.547. The standard InChI is InChI=1S/C14H25N3/c1-12(2)17-9-3-8-16-11-14-6-4-13(10-15)5-7-14/h4-7,12,16-17H,3,8-11,15H2,1-2H3. The SMILES string of the molecule is CC(C)NCCCNCc1ccc(CN)cc1. The molecule has 0 radical (unpaired) electrons. The fourth-order valence-corrected chi connectivity index (χ4v) is 1.63. The Hall–Kier alpha value is -0.900. The zero-order chi connectivity index (χ0) is 12.5. The third kappa shape index (κ3) is 6.41. The van der Waals surface area contributed by atoms with Gasteiger partial charge in [0, 0.05) is 19.1 Å². The van der Waals surface area contributed by atoms with Crippen LogP contribution in [-0.4, -0.2) is 19.1 Å². The van der Waals surface area contributed by atoms with Gasteiger partial charge in [0.1, 0.15) is 0 Å². The highest BCUT2D eigenvalue weighted by Crippen LogP contribution is 2.03. The monoisotopic (exact) mass is 235 g/mol. The van der Waals surface area contributed by atoms with Crippen LogP contribution >= 0.6 is 0 Å². The molecule has 3 nitrogen and oxygen atoms in total. The molecular formula is C14H25N3. The molecule has 0 saturated heterocycles. The van der Waals surface area contributed by atoms with Crippen LogP contribution in [0.2, 0.25) is 0 Å². The van der Waals surface area contributed by atoms with Crippen molar-refractivity contribution in [2.45, 2.75) is 39.4 Å². The lowest BCUT2D eigenvalue weighted by Gasteiger charge is -2.08. The molecule has 0 heterocycles. The third-order valence-corrected chi connectivity index (χ3v) is 2.67. The van der Waals surface area contributed by atoms with E-state index in [1.807, 2.05) is 0 Å². The lowest BCUT2D eigenvalue weighted by Crippen LogP contribution is -2.26. The summed E-state index contributed by atoms with van der Waals surface area (Å²) in [6.45, 7) is 8.04. The summed E-state index contributed by atoms with van der Waals surface area (Å²) in [7, 11) is 0. The van der Waals surface area contributed by atoms with Crippen LogP contribution < -0.4 is 16.4 Å². The molecule has 96 valence electrons. The van der Waals surface area contributed by atoms with Gasteiger partial charge in [-0.05, 0) is 30.6 Å². The normalized spacial score (nSPS) is 11.1. The number of hydrogen-bond donors (Lipinski definition) is 3. The molecule has 0 amide bonds. The smallest absolute Gasteiger partial charge is 0.0205 e. The zero-order valence-corrected chi connectivity index (χ0v) is 11.0. The van der Waals surface area contributed by atoms with Gasteiger partial charge < -0.3 is 16.4 Å². The van der Waals surface area contributed by atoms with Crippen molar-refractivity contribution in [1.29, 1.82) is 0 Å². The second-order valence-corrected chi connectivity index (χ2v) is 4.66. The van der Waals surface area contributed by atoms with Gasteiger partial charge in [-0.25, -0.2) is 0 Å². The molecule has 1 rings (SSSR count). The van der Waals surface area contributed by atoms with E-state index in [0.717, 1.165) is 19.6 Å². The van der Waals surface area contributed by atoms with E-state index in [-0.39, 0.29) is 0 Å². The first kappa shape index (κ1) is 14.2. The Balaban J connectivity index is 2.09. The van der Waals surface area contributed by atoms with Crippen molar-refractivity contribution in [3.05, 3.63) is 35.4 Å².